The van der Waals surface area contributed by atoms with Crippen LogP contribution in [0, 0.1) is 0 Å². The quantitative estimate of drug-likeness (QED) is 0.224. The Morgan fingerprint density at radius 3 is 1.24 bits per heavy atom. The second kappa shape index (κ2) is 8.97. The molecule has 0 bridgehead atoms. The normalized spacial score (nSPS) is 48.5. The Kier molecular flexibility index (Phi) is 7.49. The molecule has 10 atom stereocenters. The maximum absolute atomic E-state index is 9.99. The third-order valence-electron chi connectivity index (χ3n) is 4.43. The van der Waals surface area contributed by atoms with Gasteiger partial charge in [-0.2, -0.15) is 0 Å². The highest BCUT2D eigenvalue weighted by atomic mass is 16.8. The summed E-state index contributed by atoms with van der Waals surface area (Å²) in [5.74, 6) is 0. The van der Waals surface area contributed by atoms with Crippen LogP contribution in [0.15, 0.2) is 0 Å². The van der Waals surface area contributed by atoms with Crippen LogP contribution in [0.3, 0.4) is 0 Å². The summed E-state index contributed by atoms with van der Waals surface area (Å²) in [5, 5.41) is 77.3. The summed E-state index contributed by atoms with van der Waals surface area (Å²) in [5.41, 5.74) is 0. The Bertz CT molecular complexity index is 374. The molecule has 11 heteroatoms. The average molecular weight is 370 g/mol. The van der Waals surface area contributed by atoms with Gasteiger partial charge in [0.15, 0.2) is 12.6 Å². The van der Waals surface area contributed by atoms with E-state index in [4.69, 9.17) is 24.4 Å². The van der Waals surface area contributed by atoms with Gasteiger partial charge in [0.05, 0.1) is 12.2 Å². The van der Waals surface area contributed by atoms with E-state index in [1.807, 2.05) is 0 Å². The molecule has 2 rings (SSSR count). The predicted molar refractivity (Wildman–Crippen MR) is 77.9 cm³/mol. The number of aliphatic hydroxyl groups excluding tert-OH is 8. The van der Waals surface area contributed by atoms with Crippen LogP contribution in [0.5, 0.6) is 0 Å². The average Bonchev–Trinajstić information content (AvgIpc) is 2.59. The second-order valence-electron chi connectivity index (χ2n) is 6.19. The number of hydrogen-bond donors (Lipinski definition) is 8. The summed E-state index contributed by atoms with van der Waals surface area (Å²) in [6.07, 6.45) is -14.7. The lowest BCUT2D eigenvalue weighted by atomic mass is 9.96. The van der Waals surface area contributed by atoms with Crippen LogP contribution in [0.4, 0.5) is 0 Å². The molecule has 0 spiro atoms. The van der Waals surface area contributed by atoms with Crippen LogP contribution in [0.1, 0.15) is 12.8 Å². The predicted octanol–water partition coefficient (Wildman–Crippen LogP) is -4.62. The fraction of sp³-hybridized carbons (Fsp3) is 1.00. The summed E-state index contributed by atoms with van der Waals surface area (Å²) >= 11 is 0. The zero-order valence-electron chi connectivity index (χ0n) is 13.4. The molecule has 2 aliphatic heterocycles. The number of aliphatic hydroxyl groups is 8. The van der Waals surface area contributed by atoms with Crippen LogP contribution in [0.25, 0.3) is 0 Å². The van der Waals surface area contributed by atoms with E-state index in [2.05, 4.69) is 0 Å². The van der Waals surface area contributed by atoms with E-state index >= 15 is 0 Å². The smallest absolute Gasteiger partial charge is 0.189 e. The molecule has 11 nitrogen and oxygen atoms in total. The van der Waals surface area contributed by atoms with Crippen molar-refractivity contribution >= 4 is 0 Å². The highest BCUT2D eigenvalue weighted by Gasteiger charge is 2.49. The van der Waals surface area contributed by atoms with Gasteiger partial charge in [-0.3, -0.25) is 0 Å². The second-order valence-corrected chi connectivity index (χ2v) is 6.19. The minimum Gasteiger partial charge on any atom is -0.396 e. The summed E-state index contributed by atoms with van der Waals surface area (Å²) in [7, 11) is 0. The molecule has 0 aromatic carbocycles. The number of ether oxygens (including phenoxy) is 3. The lowest BCUT2D eigenvalue weighted by molar-refractivity contribution is -0.374. The first kappa shape index (κ1) is 20.9. The van der Waals surface area contributed by atoms with Crippen LogP contribution < -0.4 is 0 Å². The molecule has 2 heterocycles. The summed E-state index contributed by atoms with van der Waals surface area (Å²) in [6.45, 7) is -0.688. The van der Waals surface area contributed by atoms with Crippen LogP contribution in [-0.4, -0.2) is 115 Å². The van der Waals surface area contributed by atoms with E-state index < -0.39 is 61.4 Å². The zero-order chi connectivity index (χ0) is 18.7. The van der Waals surface area contributed by atoms with Gasteiger partial charge >= 0.3 is 0 Å². The molecule has 2 saturated heterocycles. The van der Waals surface area contributed by atoms with Gasteiger partial charge in [-0.15, -0.1) is 0 Å². The Morgan fingerprint density at radius 1 is 0.560 bits per heavy atom. The topological polar surface area (TPSA) is 190 Å². The van der Waals surface area contributed by atoms with Gasteiger partial charge in [0.25, 0.3) is 0 Å². The van der Waals surface area contributed by atoms with Gasteiger partial charge < -0.3 is 55.1 Å². The van der Waals surface area contributed by atoms with E-state index in [0.717, 1.165) is 0 Å². The molecule has 0 amide bonds. The van der Waals surface area contributed by atoms with E-state index in [9.17, 15) is 30.6 Å². The Hall–Kier alpha value is -0.440. The SMILES string of the molecule is OCC[C@H]1OC(OC2O[C@H](CCO)[C@@H](O)[C@H](O)[C@H]2O)[C@H](O)[C@@H](O)[C@@H]1O. The van der Waals surface area contributed by atoms with Crippen molar-refractivity contribution in [2.24, 2.45) is 0 Å². The molecule has 0 saturated carbocycles. The first-order valence-electron chi connectivity index (χ1n) is 8.08. The van der Waals surface area contributed by atoms with Gasteiger partial charge in [0, 0.05) is 13.2 Å². The summed E-state index contributed by atoms with van der Waals surface area (Å²) < 4.78 is 15.9. The fourth-order valence-electron chi connectivity index (χ4n) is 2.92. The third-order valence-corrected chi connectivity index (χ3v) is 4.43. The highest BCUT2D eigenvalue weighted by molar-refractivity contribution is 4.92. The molecule has 0 aromatic heterocycles. The monoisotopic (exact) mass is 370 g/mol. The van der Waals surface area contributed by atoms with Crippen molar-refractivity contribution in [1.29, 1.82) is 0 Å². The van der Waals surface area contributed by atoms with E-state index in [1.54, 1.807) is 0 Å². The fourth-order valence-corrected chi connectivity index (χ4v) is 2.92. The molecular weight excluding hydrogens is 344 g/mol. The van der Waals surface area contributed by atoms with Crippen molar-refractivity contribution in [1.82, 2.24) is 0 Å². The first-order valence-corrected chi connectivity index (χ1v) is 8.08. The van der Waals surface area contributed by atoms with Crippen LogP contribution in [-0.2, 0) is 14.2 Å². The van der Waals surface area contributed by atoms with E-state index in [-0.39, 0.29) is 26.1 Å². The van der Waals surface area contributed by atoms with Crippen molar-refractivity contribution in [2.75, 3.05) is 13.2 Å². The Morgan fingerprint density at radius 2 is 0.920 bits per heavy atom. The largest absolute Gasteiger partial charge is 0.396 e. The lowest BCUT2D eigenvalue weighted by Gasteiger charge is -2.45. The van der Waals surface area contributed by atoms with Crippen molar-refractivity contribution in [2.45, 2.75) is 74.3 Å². The lowest BCUT2D eigenvalue weighted by Crippen LogP contribution is -2.63. The van der Waals surface area contributed by atoms with Crippen molar-refractivity contribution in [3.8, 4) is 0 Å². The van der Waals surface area contributed by atoms with Gasteiger partial charge in [0.2, 0.25) is 0 Å². The maximum atomic E-state index is 9.99. The molecule has 25 heavy (non-hydrogen) atoms. The van der Waals surface area contributed by atoms with E-state index in [1.165, 1.54) is 0 Å². The summed E-state index contributed by atoms with van der Waals surface area (Å²) in [4.78, 5) is 0. The third kappa shape index (κ3) is 4.46. The zero-order valence-corrected chi connectivity index (χ0v) is 13.4. The Balaban J connectivity index is 2.07. The molecule has 0 aromatic rings. The Labute approximate surface area is 143 Å². The molecule has 2 aliphatic rings. The molecule has 0 radical (unpaired) electrons. The van der Waals surface area contributed by atoms with E-state index in [0.29, 0.717) is 0 Å². The van der Waals surface area contributed by atoms with Crippen molar-refractivity contribution in [3.05, 3.63) is 0 Å². The molecule has 2 unspecified atom stereocenters. The number of rotatable bonds is 6. The minimum absolute atomic E-state index is 0.0344. The maximum Gasteiger partial charge on any atom is 0.189 e. The van der Waals surface area contributed by atoms with Crippen LogP contribution in [0.2, 0.25) is 0 Å². The molecule has 2 fully saturated rings. The standard InChI is InChI=1S/C14H26O11/c15-3-1-5-7(17)9(19)11(21)13(23-5)25-14-12(22)10(20)8(18)6(24-14)2-4-16/h5-22H,1-4H2/t5-,6-,7-,8-,9+,10+,11-,12-,13?,14?/m1/s1. The highest BCUT2D eigenvalue weighted by Crippen LogP contribution is 2.29. The van der Waals surface area contributed by atoms with Crippen molar-refractivity contribution < 1.29 is 55.1 Å². The summed E-state index contributed by atoms with van der Waals surface area (Å²) in [6, 6.07) is 0. The molecule has 0 aliphatic carbocycles. The van der Waals surface area contributed by atoms with Gasteiger partial charge in [-0.1, -0.05) is 0 Å². The molecule has 148 valence electrons. The first-order chi connectivity index (χ1) is 11.8. The van der Waals surface area contributed by atoms with Gasteiger partial charge in [0.1, 0.15) is 36.6 Å². The van der Waals surface area contributed by atoms with Gasteiger partial charge in [-0.05, 0) is 12.8 Å². The molecule has 8 N–H and O–H groups in total. The molecular formula is C14H26O11. The van der Waals surface area contributed by atoms with Crippen LogP contribution >= 0.6 is 0 Å². The minimum atomic E-state index is -1.68. The van der Waals surface area contributed by atoms with Crippen molar-refractivity contribution in [3.63, 3.8) is 0 Å². The number of hydrogen-bond acceptors (Lipinski definition) is 11. The van der Waals surface area contributed by atoms with Gasteiger partial charge in [-0.25, -0.2) is 0 Å².